The second kappa shape index (κ2) is 7.43. The molecule has 2 fully saturated rings. The summed E-state index contributed by atoms with van der Waals surface area (Å²) in [5.74, 6) is -0.839. The number of hydrogen-bond acceptors (Lipinski definition) is 5. The second-order valence-corrected chi connectivity index (χ2v) is 7.18. The van der Waals surface area contributed by atoms with Crippen LogP contribution in [0.2, 0.25) is 0 Å². The first-order chi connectivity index (χ1) is 12.5. The summed E-state index contributed by atoms with van der Waals surface area (Å²) in [7, 11) is 1.26. The van der Waals surface area contributed by atoms with E-state index in [1.807, 2.05) is 4.90 Å². The number of ether oxygens (including phenoxy) is 1. The van der Waals surface area contributed by atoms with E-state index in [2.05, 4.69) is 0 Å². The smallest absolute Gasteiger partial charge is 0.321 e. The molecule has 0 bridgehead atoms. The van der Waals surface area contributed by atoms with Crippen molar-refractivity contribution < 1.29 is 19.2 Å². The van der Waals surface area contributed by atoms with Gasteiger partial charge < -0.3 is 9.64 Å². The standard InChI is InChI=1S/C19H24N2O5/c1-26-18(23)19(13-14-7-5-6-10-16(14)21(24)25)11-12-20(17(19)22)15-8-3-2-4-9-15/h5-7,10,15H,2-4,8-9,11-13H2,1H3. The molecule has 0 spiro atoms. The Balaban J connectivity index is 1.92. The summed E-state index contributed by atoms with van der Waals surface area (Å²) >= 11 is 0. The predicted octanol–water partition coefficient (Wildman–Crippen LogP) is 2.86. The van der Waals surface area contributed by atoms with Crippen LogP contribution in [0.3, 0.4) is 0 Å². The summed E-state index contributed by atoms with van der Waals surface area (Å²) in [6.07, 6.45) is 5.59. The lowest BCUT2D eigenvalue weighted by Crippen LogP contribution is -2.46. The van der Waals surface area contributed by atoms with Crippen LogP contribution in [-0.2, 0) is 20.7 Å². The summed E-state index contributed by atoms with van der Waals surface area (Å²) in [5, 5.41) is 11.3. The average Bonchev–Trinajstić information content (AvgIpc) is 2.99. The van der Waals surface area contributed by atoms with Crippen molar-refractivity contribution >= 4 is 17.6 Å². The Kier molecular flexibility index (Phi) is 5.25. The SMILES string of the molecule is COC(=O)C1(Cc2ccccc2[N+](=O)[O-])CCN(C2CCCCC2)C1=O. The van der Waals surface area contributed by atoms with Gasteiger partial charge >= 0.3 is 5.97 Å². The molecule has 0 aromatic heterocycles. The predicted molar refractivity (Wildman–Crippen MR) is 94.5 cm³/mol. The number of benzene rings is 1. The summed E-state index contributed by atoms with van der Waals surface area (Å²) in [4.78, 5) is 38.6. The average molecular weight is 360 g/mol. The van der Waals surface area contributed by atoms with E-state index in [-0.39, 0.29) is 24.1 Å². The first kappa shape index (κ1) is 18.4. The highest BCUT2D eigenvalue weighted by Gasteiger charge is 2.55. The maximum atomic E-state index is 13.3. The molecule has 7 heteroatoms. The molecule has 26 heavy (non-hydrogen) atoms. The van der Waals surface area contributed by atoms with Gasteiger partial charge in [0.25, 0.3) is 5.69 Å². The minimum Gasteiger partial charge on any atom is -0.468 e. The minimum atomic E-state index is -1.36. The Labute approximate surface area is 152 Å². The van der Waals surface area contributed by atoms with E-state index in [1.165, 1.54) is 19.6 Å². The van der Waals surface area contributed by atoms with Crippen LogP contribution < -0.4 is 0 Å². The third-order valence-electron chi connectivity index (χ3n) is 5.72. The van der Waals surface area contributed by atoms with Crippen molar-refractivity contribution in [3.8, 4) is 0 Å². The molecule has 1 unspecified atom stereocenters. The number of carbonyl (C=O) groups excluding carboxylic acids is 2. The molecule has 0 N–H and O–H groups in total. The highest BCUT2D eigenvalue weighted by molar-refractivity contribution is 6.04. The Hall–Kier alpha value is -2.44. The third kappa shape index (κ3) is 3.18. The van der Waals surface area contributed by atoms with Crippen LogP contribution in [0.4, 0.5) is 5.69 Å². The zero-order chi connectivity index (χ0) is 18.7. The zero-order valence-electron chi connectivity index (χ0n) is 15.0. The Morgan fingerprint density at radius 1 is 1.31 bits per heavy atom. The Morgan fingerprint density at radius 3 is 2.65 bits per heavy atom. The number of nitro groups is 1. The molecule has 0 radical (unpaired) electrons. The van der Waals surface area contributed by atoms with Crippen molar-refractivity contribution in [1.82, 2.24) is 4.90 Å². The number of hydrogen-bond donors (Lipinski definition) is 0. The van der Waals surface area contributed by atoms with Gasteiger partial charge in [-0.15, -0.1) is 0 Å². The molecule has 2 aliphatic rings. The lowest BCUT2D eigenvalue weighted by molar-refractivity contribution is -0.385. The monoisotopic (exact) mass is 360 g/mol. The van der Waals surface area contributed by atoms with E-state index in [0.29, 0.717) is 18.5 Å². The number of rotatable bonds is 5. The lowest BCUT2D eigenvalue weighted by Gasteiger charge is -2.33. The van der Waals surface area contributed by atoms with Crippen LogP contribution in [0.15, 0.2) is 24.3 Å². The van der Waals surface area contributed by atoms with E-state index < -0.39 is 16.3 Å². The summed E-state index contributed by atoms with van der Waals surface area (Å²) < 4.78 is 4.96. The van der Waals surface area contributed by atoms with Crippen LogP contribution in [-0.4, -0.2) is 41.4 Å². The van der Waals surface area contributed by atoms with Crippen molar-refractivity contribution in [2.45, 2.75) is 51.0 Å². The molecule has 1 saturated carbocycles. The molecule has 3 rings (SSSR count). The fraction of sp³-hybridized carbons (Fsp3) is 0.579. The fourth-order valence-electron chi connectivity index (χ4n) is 4.32. The molecule has 1 atom stereocenters. The van der Waals surface area contributed by atoms with E-state index in [9.17, 15) is 19.7 Å². The van der Waals surface area contributed by atoms with Gasteiger partial charge in [0, 0.05) is 30.6 Å². The molecule has 1 aromatic rings. The van der Waals surface area contributed by atoms with Gasteiger partial charge in [-0.2, -0.15) is 0 Å². The maximum absolute atomic E-state index is 13.3. The normalized spacial score (nSPS) is 23.9. The molecular formula is C19H24N2O5. The summed E-state index contributed by atoms with van der Waals surface area (Å²) in [6, 6.07) is 6.44. The number of methoxy groups -OCH3 is 1. The summed E-state index contributed by atoms with van der Waals surface area (Å²) in [6.45, 7) is 0.499. The van der Waals surface area contributed by atoms with Crippen molar-refractivity contribution in [1.29, 1.82) is 0 Å². The van der Waals surface area contributed by atoms with Gasteiger partial charge in [0.1, 0.15) is 0 Å². The number of likely N-dealkylation sites (tertiary alicyclic amines) is 1. The van der Waals surface area contributed by atoms with Crippen LogP contribution in [0.1, 0.15) is 44.1 Å². The Morgan fingerprint density at radius 2 is 2.00 bits per heavy atom. The van der Waals surface area contributed by atoms with Gasteiger partial charge in [-0.1, -0.05) is 37.5 Å². The highest BCUT2D eigenvalue weighted by Crippen LogP contribution is 2.41. The molecular weight excluding hydrogens is 336 g/mol. The Bertz CT molecular complexity index is 714. The van der Waals surface area contributed by atoms with Crippen molar-refractivity contribution in [2.75, 3.05) is 13.7 Å². The van der Waals surface area contributed by atoms with Crippen LogP contribution in [0.25, 0.3) is 0 Å². The van der Waals surface area contributed by atoms with Crippen molar-refractivity contribution in [3.05, 3.63) is 39.9 Å². The number of amides is 1. The maximum Gasteiger partial charge on any atom is 0.321 e. The number of carbonyl (C=O) groups is 2. The molecule has 1 amide bonds. The quantitative estimate of drug-likeness (QED) is 0.349. The number of nitro benzene ring substituents is 1. The first-order valence-electron chi connectivity index (χ1n) is 9.11. The van der Waals surface area contributed by atoms with Crippen molar-refractivity contribution in [3.63, 3.8) is 0 Å². The lowest BCUT2D eigenvalue weighted by atomic mass is 9.79. The van der Waals surface area contributed by atoms with Crippen LogP contribution in [0, 0.1) is 15.5 Å². The van der Waals surface area contributed by atoms with Gasteiger partial charge in [-0.05, 0) is 19.3 Å². The van der Waals surface area contributed by atoms with Gasteiger partial charge in [-0.25, -0.2) is 0 Å². The van der Waals surface area contributed by atoms with E-state index in [0.717, 1.165) is 25.7 Å². The number of nitrogens with zero attached hydrogens (tertiary/aromatic N) is 2. The topological polar surface area (TPSA) is 89.8 Å². The largest absolute Gasteiger partial charge is 0.468 e. The molecule has 1 aliphatic heterocycles. The van der Waals surface area contributed by atoms with Gasteiger partial charge in [0.05, 0.1) is 12.0 Å². The van der Waals surface area contributed by atoms with E-state index in [4.69, 9.17) is 4.74 Å². The van der Waals surface area contributed by atoms with Gasteiger partial charge in [-0.3, -0.25) is 19.7 Å². The first-order valence-corrected chi connectivity index (χ1v) is 9.11. The number of para-hydroxylation sites is 1. The van der Waals surface area contributed by atoms with Crippen LogP contribution >= 0.6 is 0 Å². The molecule has 7 nitrogen and oxygen atoms in total. The highest BCUT2D eigenvalue weighted by atomic mass is 16.6. The molecule has 1 heterocycles. The zero-order valence-corrected chi connectivity index (χ0v) is 15.0. The second-order valence-electron chi connectivity index (χ2n) is 7.18. The minimum absolute atomic E-state index is 0.00111. The van der Waals surface area contributed by atoms with Crippen LogP contribution in [0.5, 0.6) is 0 Å². The molecule has 1 saturated heterocycles. The molecule has 1 aromatic carbocycles. The van der Waals surface area contributed by atoms with Gasteiger partial charge in [0.2, 0.25) is 5.91 Å². The van der Waals surface area contributed by atoms with E-state index >= 15 is 0 Å². The summed E-state index contributed by atoms with van der Waals surface area (Å²) in [5.41, 5.74) is -1.04. The molecule has 1 aliphatic carbocycles. The number of esters is 1. The van der Waals surface area contributed by atoms with Crippen molar-refractivity contribution in [2.24, 2.45) is 5.41 Å². The fourth-order valence-corrected chi connectivity index (χ4v) is 4.32. The molecule has 140 valence electrons. The van der Waals surface area contributed by atoms with E-state index in [1.54, 1.807) is 18.2 Å². The third-order valence-corrected chi connectivity index (χ3v) is 5.72. The van der Waals surface area contributed by atoms with Gasteiger partial charge in [0.15, 0.2) is 5.41 Å².